The third kappa shape index (κ3) is 1.76. The van der Waals surface area contributed by atoms with E-state index in [4.69, 9.17) is 23.2 Å². The van der Waals surface area contributed by atoms with Crippen molar-refractivity contribution in [2.75, 3.05) is 18.0 Å². The van der Waals surface area contributed by atoms with Gasteiger partial charge in [0.15, 0.2) is 0 Å². The van der Waals surface area contributed by atoms with Crippen LogP contribution < -0.4 is 4.90 Å². The molecule has 1 saturated heterocycles. The van der Waals surface area contributed by atoms with E-state index < -0.39 is 5.67 Å². The fraction of sp³-hybridized carbons (Fsp3) is 0.545. The first kappa shape index (κ1) is 10.6. The van der Waals surface area contributed by atoms with Gasteiger partial charge in [0.25, 0.3) is 0 Å². The van der Waals surface area contributed by atoms with Gasteiger partial charge in [0.05, 0.1) is 13.1 Å². The lowest BCUT2D eigenvalue weighted by Crippen LogP contribution is -2.60. The van der Waals surface area contributed by atoms with E-state index >= 15 is 0 Å². The second kappa shape index (κ2) is 3.47. The maximum absolute atomic E-state index is 14.1. The Morgan fingerprint density at radius 2 is 1.81 bits per heavy atom. The van der Waals surface area contributed by atoms with Gasteiger partial charge in [0, 0.05) is 5.69 Å². The number of anilines is 1. The van der Waals surface area contributed by atoms with Crippen LogP contribution in [0.4, 0.5) is 10.1 Å². The Kier molecular flexibility index (Phi) is 2.30. The first-order valence-electron chi connectivity index (χ1n) is 5.34. The van der Waals surface area contributed by atoms with Crippen LogP contribution in [0.3, 0.4) is 0 Å². The lowest BCUT2D eigenvalue weighted by atomic mass is 9.90. The molecule has 1 saturated carbocycles. The fourth-order valence-electron chi connectivity index (χ4n) is 2.26. The number of hydrogen-bond acceptors (Lipinski definition) is 2. The van der Waals surface area contributed by atoms with Gasteiger partial charge in [0.2, 0.25) is 0 Å². The normalized spacial score (nSPS) is 23.1. The molecule has 2 heterocycles. The number of pyridine rings is 1. The standard InChI is InChI=1S/C11H11Cl2FN2/c12-9-3-8(4-10(13)15-9)16-5-11(14,6-16)7-1-2-7/h3-4,7H,1-2,5-6H2. The first-order chi connectivity index (χ1) is 7.57. The molecule has 1 aliphatic carbocycles. The van der Waals surface area contributed by atoms with Crippen LogP contribution in [0.1, 0.15) is 12.8 Å². The summed E-state index contributed by atoms with van der Waals surface area (Å²) in [5.41, 5.74) is -0.124. The molecule has 2 nitrogen and oxygen atoms in total. The highest BCUT2D eigenvalue weighted by Gasteiger charge is 2.54. The molecule has 0 spiro atoms. The molecule has 16 heavy (non-hydrogen) atoms. The minimum Gasteiger partial charge on any atom is -0.365 e. The number of hydrogen-bond donors (Lipinski definition) is 0. The third-order valence-electron chi connectivity index (χ3n) is 3.33. The zero-order chi connectivity index (χ0) is 11.3. The molecule has 86 valence electrons. The molecule has 0 radical (unpaired) electrons. The second-order valence-electron chi connectivity index (χ2n) is 4.64. The predicted molar refractivity (Wildman–Crippen MR) is 63.0 cm³/mol. The molecule has 1 aliphatic heterocycles. The van der Waals surface area contributed by atoms with Gasteiger partial charge in [-0.05, 0) is 30.9 Å². The summed E-state index contributed by atoms with van der Waals surface area (Å²) in [6.45, 7) is 0.905. The molecule has 0 amide bonds. The summed E-state index contributed by atoms with van der Waals surface area (Å²) in [7, 11) is 0. The van der Waals surface area contributed by atoms with Crippen molar-refractivity contribution >= 4 is 28.9 Å². The van der Waals surface area contributed by atoms with Gasteiger partial charge < -0.3 is 4.90 Å². The Balaban J connectivity index is 1.75. The van der Waals surface area contributed by atoms with Gasteiger partial charge in [0.1, 0.15) is 16.0 Å². The molecule has 0 unspecified atom stereocenters. The van der Waals surface area contributed by atoms with Crippen LogP contribution >= 0.6 is 23.2 Å². The summed E-state index contributed by atoms with van der Waals surface area (Å²) in [5, 5.41) is 0.704. The van der Waals surface area contributed by atoms with Crippen molar-refractivity contribution in [2.45, 2.75) is 18.5 Å². The predicted octanol–water partition coefficient (Wildman–Crippen LogP) is 3.33. The van der Waals surface area contributed by atoms with E-state index in [9.17, 15) is 4.39 Å². The molecular weight excluding hydrogens is 250 g/mol. The zero-order valence-electron chi connectivity index (χ0n) is 8.59. The summed E-state index contributed by atoms with van der Waals surface area (Å²) in [5.74, 6) is 0.275. The lowest BCUT2D eigenvalue weighted by molar-refractivity contribution is 0.0932. The minimum atomic E-state index is -0.984. The van der Waals surface area contributed by atoms with Gasteiger partial charge in [-0.2, -0.15) is 0 Å². The van der Waals surface area contributed by atoms with Crippen LogP contribution in [0.15, 0.2) is 12.1 Å². The average Bonchev–Trinajstić information content (AvgIpc) is 2.94. The van der Waals surface area contributed by atoms with E-state index in [1.807, 2.05) is 4.90 Å². The highest BCUT2D eigenvalue weighted by atomic mass is 35.5. The van der Waals surface area contributed by atoms with Crippen LogP contribution in [0.25, 0.3) is 0 Å². The van der Waals surface area contributed by atoms with Crippen LogP contribution in [0.5, 0.6) is 0 Å². The Hall–Kier alpha value is -0.540. The quantitative estimate of drug-likeness (QED) is 0.759. The highest BCUT2D eigenvalue weighted by molar-refractivity contribution is 6.32. The number of aromatic nitrogens is 1. The van der Waals surface area contributed by atoms with Crippen molar-refractivity contribution in [1.29, 1.82) is 0 Å². The van der Waals surface area contributed by atoms with E-state index in [0.29, 0.717) is 23.4 Å². The molecule has 1 aromatic rings. The van der Waals surface area contributed by atoms with Crippen LogP contribution in [0.2, 0.25) is 10.3 Å². The summed E-state index contributed by atoms with van der Waals surface area (Å²) >= 11 is 11.6. The Bertz CT molecular complexity index is 408. The zero-order valence-corrected chi connectivity index (χ0v) is 10.1. The smallest absolute Gasteiger partial charge is 0.148 e. The number of nitrogens with zero attached hydrogens (tertiary/aromatic N) is 2. The monoisotopic (exact) mass is 260 g/mol. The highest BCUT2D eigenvalue weighted by Crippen LogP contribution is 2.48. The largest absolute Gasteiger partial charge is 0.365 e. The summed E-state index contributed by atoms with van der Waals surface area (Å²) < 4.78 is 14.1. The molecule has 5 heteroatoms. The van der Waals surface area contributed by atoms with E-state index in [0.717, 1.165) is 18.5 Å². The van der Waals surface area contributed by atoms with E-state index in [2.05, 4.69) is 4.98 Å². The third-order valence-corrected chi connectivity index (χ3v) is 3.72. The number of alkyl halides is 1. The topological polar surface area (TPSA) is 16.1 Å². The molecule has 0 bridgehead atoms. The molecule has 3 rings (SSSR count). The van der Waals surface area contributed by atoms with Crippen molar-refractivity contribution in [2.24, 2.45) is 5.92 Å². The van der Waals surface area contributed by atoms with Crippen LogP contribution in [-0.2, 0) is 0 Å². The Labute approximate surface area is 103 Å². The van der Waals surface area contributed by atoms with Crippen molar-refractivity contribution < 1.29 is 4.39 Å². The SMILES string of the molecule is FC1(C2CC2)CN(c2cc(Cl)nc(Cl)c2)C1. The van der Waals surface area contributed by atoms with Gasteiger partial charge in [-0.1, -0.05) is 23.2 Å². The Morgan fingerprint density at radius 1 is 1.25 bits per heavy atom. The molecule has 1 aromatic heterocycles. The van der Waals surface area contributed by atoms with Gasteiger partial charge >= 0.3 is 0 Å². The van der Waals surface area contributed by atoms with E-state index in [-0.39, 0.29) is 5.92 Å². The first-order valence-corrected chi connectivity index (χ1v) is 6.09. The number of rotatable bonds is 2. The van der Waals surface area contributed by atoms with Crippen molar-refractivity contribution in [1.82, 2.24) is 4.98 Å². The molecule has 2 aliphatic rings. The molecule has 2 fully saturated rings. The molecule has 0 atom stereocenters. The minimum absolute atomic E-state index is 0.275. The second-order valence-corrected chi connectivity index (χ2v) is 5.41. The number of halogens is 3. The molecule has 0 N–H and O–H groups in total. The van der Waals surface area contributed by atoms with Gasteiger partial charge in [-0.3, -0.25) is 0 Å². The maximum atomic E-state index is 14.1. The summed E-state index contributed by atoms with van der Waals surface area (Å²) in [6, 6.07) is 3.44. The average molecular weight is 261 g/mol. The van der Waals surface area contributed by atoms with E-state index in [1.165, 1.54) is 0 Å². The lowest BCUT2D eigenvalue weighted by Gasteiger charge is -2.46. The summed E-state index contributed by atoms with van der Waals surface area (Å²) in [6.07, 6.45) is 2.06. The summed E-state index contributed by atoms with van der Waals surface area (Å²) in [4.78, 5) is 5.83. The van der Waals surface area contributed by atoms with Crippen molar-refractivity contribution in [3.05, 3.63) is 22.4 Å². The molecular formula is C11H11Cl2FN2. The van der Waals surface area contributed by atoms with Crippen molar-refractivity contribution in [3.8, 4) is 0 Å². The van der Waals surface area contributed by atoms with E-state index in [1.54, 1.807) is 12.1 Å². The fourth-order valence-corrected chi connectivity index (χ4v) is 2.71. The maximum Gasteiger partial charge on any atom is 0.148 e. The van der Waals surface area contributed by atoms with Crippen molar-refractivity contribution in [3.63, 3.8) is 0 Å². The van der Waals surface area contributed by atoms with Gasteiger partial charge in [-0.15, -0.1) is 0 Å². The van der Waals surface area contributed by atoms with Crippen LogP contribution in [-0.4, -0.2) is 23.7 Å². The van der Waals surface area contributed by atoms with Gasteiger partial charge in [-0.25, -0.2) is 9.37 Å². The molecule has 0 aromatic carbocycles. The Morgan fingerprint density at radius 3 is 2.31 bits per heavy atom. The van der Waals surface area contributed by atoms with Crippen LogP contribution in [0, 0.1) is 5.92 Å².